The lowest BCUT2D eigenvalue weighted by Gasteiger charge is -2.44. The molecular formula is C13H22N2O2. The number of furan rings is 1. The molecule has 0 bridgehead atoms. The molecule has 0 radical (unpaired) electrons. The molecule has 1 aromatic heterocycles. The summed E-state index contributed by atoms with van der Waals surface area (Å²) in [5, 5.41) is 0. The van der Waals surface area contributed by atoms with Crippen molar-refractivity contribution < 1.29 is 9.15 Å². The average Bonchev–Trinajstić information content (AvgIpc) is 2.83. The van der Waals surface area contributed by atoms with E-state index in [0.29, 0.717) is 0 Å². The van der Waals surface area contributed by atoms with Crippen molar-refractivity contribution in [3.63, 3.8) is 0 Å². The van der Waals surface area contributed by atoms with Crippen LogP contribution in [0.15, 0.2) is 22.8 Å². The van der Waals surface area contributed by atoms with Crippen molar-refractivity contribution in [3.8, 4) is 0 Å². The second-order valence-corrected chi connectivity index (χ2v) is 5.14. The lowest BCUT2D eigenvalue weighted by Crippen LogP contribution is -2.59. The van der Waals surface area contributed by atoms with Crippen LogP contribution in [0.1, 0.15) is 19.6 Å². The number of hydrogen-bond acceptors (Lipinski definition) is 4. The first-order chi connectivity index (χ1) is 8.10. The zero-order chi connectivity index (χ0) is 12.3. The van der Waals surface area contributed by atoms with Crippen LogP contribution in [0.5, 0.6) is 0 Å². The zero-order valence-corrected chi connectivity index (χ0v) is 10.7. The van der Waals surface area contributed by atoms with Crippen molar-refractivity contribution in [1.82, 2.24) is 4.90 Å². The van der Waals surface area contributed by atoms with E-state index in [1.165, 1.54) is 0 Å². The largest absolute Gasteiger partial charge is 0.469 e. The lowest BCUT2D eigenvalue weighted by molar-refractivity contribution is -0.0190. The van der Waals surface area contributed by atoms with Crippen molar-refractivity contribution >= 4 is 0 Å². The third kappa shape index (κ3) is 2.89. The molecule has 0 saturated carbocycles. The third-order valence-corrected chi connectivity index (χ3v) is 3.73. The van der Waals surface area contributed by atoms with Gasteiger partial charge in [-0.05, 0) is 26.0 Å². The Bertz CT molecular complexity index is 329. The van der Waals surface area contributed by atoms with Crippen LogP contribution in [-0.2, 0) is 11.2 Å². The summed E-state index contributed by atoms with van der Waals surface area (Å²) >= 11 is 0. The molecule has 4 nitrogen and oxygen atoms in total. The van der Waals surface area contributed by atoms with Crippen LogP contribution in [0.4, 0.5) is 0 Å². The van der Waals surface area contributed by atoms with Gasteiger partial charge in [-0.15, -0.1) is 0 Å². The maximum absolute atomic E-state index is 6.33. The molecule has 1 saturated heterocycles. The van der Waals surface area contributed by atoms with E-state index in [4.69, 9.17) is 14.9 Å². The quantitative estimate of drug-likeness (QED) is 0.858. The van der Waals surface area contributed by atoms with Gasteiger partial charge in [-0.3, -0.25) is 4.90 Å². The minimum atomic E-state index is -0.0312. The van der Waals surface area contributed by atoms with Gasteiger partial charge >= 0.3 is 0 Å². The maximum atomic E-state index is 6.33. The highest BCUT2D eigenvalue weighted by Gasteiger charge is 2.34. The van der Waals surface area contributed by atoms with Gasteiger partial charge in [0.15, 0.2) is 0 Å². The van der Waals surface area contributed by atoms with Crippen LogP contribution in [0, 0.1) is 0 Å². The van der Waals surface area contributed by atoms with Gasteiger partial charge in [-0.1, -0.05) is 0 Å². The smallest absolute Gasteiger partial charge is 0.105 e. The molecule has 1 unspecified atom stereocenters. The van der Waals surface area contributed by atoms with Gasteiger partial charge in [0.2, 0.25) is 0 Å². The Labute approximate surface area is 103 Å². The summed E-state index contributed by atoms with van der Waals surface area (Å²) in [6, 6.07) is 3.95. The number of morpholine rings is 1. The number of nitrogens with zero attached hydrogens (tertiary/aromatic N) is 1. The molecule has 0 aliphatic carbocycles. The zero-order valence-electron chi connectivity index (χ0n) is 10.7. The van der Waals surface area contributed by atoms with Crippen molar-refractivity contribution in [3.05, 3.63) is 24.2 Å². The highest BCUT2D eigenvalue weighted by Crippen LogP contribution is 2.22. The summed E-state index contributed by atoms with van der Waals surface area (Å²) in [5.74, 6) is 0.957. The van der Waals surface area contributed by atoms with Gasteiger partial charge in [-0.2, -0.15) is 0 Å². The van der Waals surface area contributed by atoms with Gasteiger partial charge in [-0.25, -0.2) is 0 Å². The molecule has 0 aromatic carbocycles. The first-order valence-corrected chi connectivity index (χ1v) is 6.21. The topological polar surface area (TPSA) is 51.6 Å². The fourth-order valence-corrected chi connectivity index (χ4v) is 2.27. The van der Waals surface area contributed by atoms with E-state index in [2.05, 4.69) is 18.7 Å². The first kappa shape index (κ1) is 12.6. The number of rotatable bonds is 4. The fraction of sp³-hybridized carbons (Fsp3) is 0.692. The summed E-state index contributed by atoms with van der Waals surface area (Å²) in [4.78, 5) is 2.41. The molecule has 2 N–H and O–H groups in total. The number of hydrogen-bond donors (Lipinski definition) is 1. The monoisotopic (exact) mass is 238 g/mol. The summed E-state index contributed by atoms with van der Waals surface area (Å²) < 4.78 is 10.7. The molecule has 2 heterocycles. The van der Waals surface area contributed by atoms with Crippen molar-refractivity contribution in [1.29, 1.82) is 0 Å². The van der Waals surface area contributed by atoms with E-state index in [1.807, 2.05) is 12.1 Å². The van der Waals surface area contributed by atoms with Crippen LogP contribution in [-0.4, -0.2) is 42.8 Å². The van der Waals surface area contributed by atoms with E-state index in [-0.39, 0.29) is 11.6 Å². The molecule has 96 valence electrons. The third-order valence-electron chi connectivity index (χ3n) is 3.73. The molecule has 1 fully saturated rings. The minimum absolute atomic E-state index is 0.0312. The van der Waals surface area contributed by atoms with Gasteiger partial charge in [0.1, 0.15) is 5.76 Å². The first-order valence-electron chi connectivity index (χ1n) is 6.21. The molecule has 0 amide bonds. The van der Waals surface area contributed by atoms with Crippen LogP contribution >= 0.6 is 0 Å². The number of nitrogens with two attached hydrogens (primary N) is 1. The van der Waals surface area contributed by atoms with Crippen molar-refractivity contribution in [2.45, 2.75) is 31.8 Å². The van der Waals surface area contributed by atoms with Gasteiger partial charge in [0, 0.05) is 31.1 Å². The van der Waals surface area contributed by atoms with Crippen LogP contribution in [0.3, 0.4) is 0 Å². The number of ether oxygens (including phenoxy) is 1. The van der Waals surface area contributed by atoms with E-state index < -0.39 is 0 Å². The van der Waals surface area contributed by atoms with Crippen molar-refractivity contribution in [2.75, 3.05) is 26.3 Å². The second kappa shape index (κ2) is 5.21. The van der Waals surface area contributed by atoms with Gasteiger partial charge in [0.25, 0.3) is 0 Å². The summed E-state index contributed by atoms with van der Waals surface area (Å²) in [6.07, 6.45) is 2.47. The molecule has 4 heteroatoms. The van der Waals surface area contributed by atoms with Gasteiger partial charge in [0.05, 0.1) is 19.5 Å². The summed E-state index contributed by atoms with van der Waals surface area (Å²) in [5.41, 5.74) is 6.30. The van der Waals surface area contributed by atoms with Crippen LogP contribution < -0.4 is 5.73 Å². The van der Waals surface area contributed by atoms with E-state index >= 15 is 0 Å². The SMILES string of the molecule is CC(C)(C(N)Cc1ccco1)N1CCOCC1. The predicted molar refractivity (Wildman–Crippen MR) is 66.9 cm³/mol. The molecule has 0 spiro atoms. The molecule has 1 aliphatic rings. The predicted octanol–water partition coefficient (Wildman–Crippen LogP) is 1.26. The molecule has 1 atom stereocenters. The normalized spacial score (nSPS) is 20.4. The molecule has 2 rings (SSSR count). The average molecular weight is 238 g/mol. The lowest BCUT2D eigenvalue weighted by atomic mass is 9.89. The molecule has 17 heavy (non-hydrogen) atoms. The van der Waals surface area contributed by atoms with E-state index in [9.17, 15) is 0 Å². The molecule has 1 aliphatic heterocycles. The highest BCUT2D eigenvalue weighted by atomic mass is 16.5. The Kier molecular flexibility index (Phi) is 3.86. The van der Waals surface area contributed by atoms with Crippen molar-refractivity contribution in [2.24, 2.45) is 5.73 Å². The van der Waals surface area contributed by atoms with Crippen LogP contribution in [0.2, 0.25) is 0 Å². The second-order valence-electron chi connectivity index (χ2n) is 5.14. The van der Waals surface area contributed by atoms with Crippen LogP contribution in [0.25, 0.3) is 0 Å². The molecule has 1 aromatic rings. The highest BCUT2D eigenvalue weighted by molar-refractivity contribution is 5.04. The van der Waals surface area contributed by atoms with E-state index in [1.54, 1.807) is 6.26 Å². The Hall–Kier alpha value is -0.840. The maximum Gasteiger partial charge on any atom is 0.105 e. The summed E-state index contributed by atoms with van der Waals surface area (Å²) in [6.45, 7) is 7.92. The standard InChI is InChI=1S/C13H22N2O2/c1-13(2,15-5-8-16-9-6-15)12(14)10-11-4-3-7-17-11/h3-4,7,12H,5-6,8-10,14H2,1-2H3. The van der Waals surface area contributed by atoms with E-state index in [0.717, 1.165) is 38.5 Å². The minimum Gasteiger partial charge on any atom is -0.469 e. The Morgan fingerprint density at radius 3 is 2.71 bits per heavy atom. The van der Waals surface area contributed by atoms with Gasteiger partial charge < -0.3 is 14.9 Å². The molecular weight excluding hydrogens is 216 g/mol. The Balaban J connectivity index is 1.98. The fourth-order valence-electron chi connectivity index (χ4n) is 2.27. The summed E-state index contributed by atoms with van der Waals surface area (Å²) in [7, 11) is 0. The Morgan fingerprint density at radius 2 is 2.12 bits per heavy atom. The Morgan fingerprint density at radius 1 is 1.41 bits per heavy atom.